The average molecular weight is 363 g/mol. The smallest absolute Gasteiger partial charge is 0.343 e. The van der Waals surface area contributed by atoms with Crippen LogP contribution in [0.15, 0.2) is 46.9 Å². The van der Waals surface area contributed by atoms with Crippen molar-refractivity contribution in [3.05, 3.63) is 58.1 Å². The lowest BCUT2D eigenvalue weighted by Crippen LogP contribution is -2.09. The Morgan fingerprint density at radius 3 is 2.59 bits per heavy atom. The molecule has 0 aliphatic rings. The summed E-state index contributed by atoms with van der Waals surface area (Å²) >= 11 is 3.43. The van der Waals surface area contributed by atoms with E-state index in [1.807, 2.05) is 25.1 Å². The van der Waals surface area contributed by atoms with Crippen molar-refractivity contribution in [1.29, 1.82) is 0 Å². The first-order chi connectivity index (χ1) is 10.6. The van der Waals surface area contributed by atoms with Crippen LogP contribution in [0.4, 0.5) is 0 Å². The molecular weight excluding hydrogens is 344 g/mol. The molecule has 116 valence electrons. The number of benzene rings is 2. The number of aryl methyl sites for hydroxylation is 1. The lowest BCUT2D eigenvalue weighted by molar-refractivity contribution is 0.0733. The molecule has 0 atom stereocenters. The Labute approximate surface area is 139 Å². The van der Waals surface area contributed by atoms with E-state index in [0.29, 0.717) is 17.9 Å². The lowest BCUT2D eigenvalue weighted by Gasteiger charge is -2.10. The summed E-state index contributed by atoms with van der Waals surface area (Å²) in [6.45, 7) is 4.69. The molecule has 0 amide bonds. The third-order valence-electron chi connectivity index (χ3n) is 3.22. The number of ether oxygens (including phenoxy) is 2. The minimum Gasteiger partial charge on any atom is -0.492 e. The highest BCUT2D eigenvalue weighted by atomic mass is 79.9. The predicted molar refractivity (Wildman–Crippen MR) is 90.7 cm³/mol. The monoisotopic (exact) mass is 362 g/mol. The van der Waals surface area contributed by atoms with Crippen LogP contribution < -0.4 is 9.47 Å². The maximum absolute atomic E-state index is 12.2. The number of unbranched alkanes of at least 4 members (excludes halogenated alkanes) is 1. The summed E-state index contributed by atoms with van der Waals surface area (Å²) < 4.78 is 11.8. The van der Waals surface area contributed by atoms with Crippen molar-refractivity contribution in [3.63, 3.8) is 0 Å². The fourth-order valence-electron chi connectivity index (χ4n) is 1.90. The van der Waals surface area contributed by atoms with Crippen LogP contribution in [0, 0.1) is 6.92 Å². The molecule has 2 aromatic rings. The van der Waals surface area contributed by atoms with E-state index < -0.39 is 0 Å². The summed E-state index contributed by atoms with van der Waals surface area (Å²) in [6, 6.07) is 12.7. The third-order valence-corrected chi connectivity index (χ3v) is 3.84. The SMILES string of the molecule is CCCCOc1ccc(C(=O)Oc2ccccc2C)cc1Br. The highest BCUT2D eigenvalue weighted by Crippen LogP contribution is 2.27. The van der Waals surface area contributed by atoms with Crippen LogP contribution in [0.1, 0.15) is 35.7 Å². The predicted octanol–water partition coefficient (Wildman–Crippen LogP) is 5.16. The zero-order valence-electron chi connectivity index (χ0n) is 12.8. The Hall–Kier alpha value is -1.81. The molecule has 4 heteroatoms. The normalized spacial score (nSPS) is 10.3. The van der Waals surface area contributed by atoms with Gasteiger partial charge in [-0.25, -0.2) is 4.79 Å². The van der Waals surface area contributed by atoms with Gasteiger partial charge in [0, 0.05) is 0 Å². The molecule has 3 nitrogen and oxygen atoms in total. The van der Waals surface area contributed by atoms with Crippen LogP contribution in [0.2, 0.25) is 0 Å². The number of hydrogen-bond acceptors (Lipinski definition) is 3. The highest BCUT2D eigenvalue weighted by molar-refractivity contribution is 9.10. The van der Waals surface area contributed by atoms with Crippen molar-refractivity contribution < 1.29 is 14.3 Å². The Morgan fingerprint density at radius 1 is 1.14 bits per heavy atom. The van der Waals surface area contributed by atoms with Gasteiger partial charge in [0.25, 0.3) is 0 Å². The van der Waals surface area contributed by atoms with Gasteiger partial charge in [0.05, 0.1) is 16.6 Å². The standard InChI is InChI=1S/C18H19BrO3/c1-3-4-11-21-17-10-9-14(12-15(17)19)18(20)22-16-8-6-5-7-13(16)2/h5-10,12H,3-4,11H2,1-2H3. The summed E-state index contributed by atoms with van der Waals surface area (Å²) in [5, 5.41) is 0. The van der Waals surface area contributed by atoms with Gasteiger partial charge < -0.3 is 9.47 Å². The number of para-hydroxylation sites is 1. The van der Waals surface area contributed by atoms with Crippen LogP contribution in [0.5, 0.6) is 11.5 Å². The summed E-state index contributed by atoms with van der Waals surface area (Å²) in [6.07, 6.45) is 2.09. The molecule has 0 N–H and O–H groups in total. The molecular formula is C18H19BrO3. The first-order valence-corrected chi connectivity index (χ1v) is 8.11. The fraction of sp³-hybridized carbons (Fsp3) is 0.278. The van der Waals surface area contributed by atoms with Gasteiger partial charge in [-0.05, 0) is 59.1 Å². The minimum absolute atomic E-state index is 0.380. The number of halogens is 1. The van der Waals surface area contributed by atoms with Gasteiger partial charge >= 0.3 is 5.97 Å². The van der Waals surface area contributed by atoms with Gasteiger partial charge in [0.1, 0.15) is 11.5 Å². The third kappa shape index (κ3) is 4.34. The first-order valence-electron chi connectivity index (χ1n) is 7.32. The zero-order valence-corrected chi connectivity index (χ0v) is 14.4. The topological polar surface area (TPSA) is 35.5 Å². The van der Waals surface area contributed by atoms with Crippen LogP contribution in [-0.4, -0.2) is 12.6 Å². The minimum atomic E-state index is -0.380. The molecule has 2 aromatic carbocycles. The molecule has 0 aliphatic heterocycles. The van der Waals surface area contributed by atoms with Gasteiger partial charge in [0.15, 0.2) is 0 Å². The Morgan fingerprint density at radius 2 is 1.91 bits per heavy atom. The second kappa shape index (κ2) is 7.99. The van der Waals surface area contributed by atoms with E-state index in [-0.39, 0.29) is 5.97 Å². The van der Waals surface area contributed by atoms with Gasteiger partial charge in [-0.1, -0.05) is 31.5 Å². The highest BCUT2D eigenvalue weighted by Gasteiger charge is 2.12. The zero-order chi connectivity index (χ0) is 15.9. The number of carbonyl (C=O) groups is 1. The molecule has 22 heavy (non-hydrogen) atoms. The van der Waals surface area contributed by atoms with Gasteiger partial charge in [-0.15, -0.1) is 0 Å². The van der Waals surface area contributed by atoms with E-state index in [2.05, 4.69) is 22.9 Å². The quantitative estimate of drug-likeness (QED) is 0.404. The maximum Gasteiger partial charge on any atom is 0.343 e. The van der Waals surface area contributed by atoms with Crippen molar-refractivity contribution in [1.82, 2.24) is 0 Å². The molecule has 0 unspecified atom stereocenters. The van der Waals surface area contributed by atoms with Crippen LogP contribution in [0.25, 0.3) is 0 Å². The van der Waals surface area contributed by atoms with Crippen LogP contribution in [0.3, 0.4) is 0 Å². The average Bonchev–Trinajstić information content (AvgIpc) is 2.51. The fourth-order valence-corrected chi connectivity index (χ4v) is 2.39. The van der Waals surface area contributed by atoms with E-state index in [4.69, 9.17) is 9.47 Å². The van der Waals surface area contributed by atoms with Crippen molar-refractivity contribution in [2.24, 2.45) is 0 Å². The van der Waals surface area contributed by atoms with Crippen LogP contribution in [-0.2, 0) is 0 Å². The number of esters is 1. The van der Waals surface area contributed by atoms with Crippen molar-refractivity contribution >= 4 is 21.9 Å². The van der Waals surface area contributed by atoms with Gasteiger partial charge in [0.2, 0.25) is 0 Å². The summed E-state index contributed by atoms with van der Waals surface area (Å²) in [4.78, 5) is 12.2. The van der Waals surface area contributed by atoms with E-state index in [0.717, 1.165) is 28.6 Å². The van der Waals surface area contributed by atoms with E-state index >= 15 is 0 Å². The molecule has 0 spiro atoms. The van der Waals surface area contributed by atoms with Crippen molar-refractivity contribution in [3.8, 4) is 11.5 Å². The molecule has 0 radical (unpaired) electrons. The largest absolute Gasteiger partial charge is 0.492 e. The van der Waals surface area contributed by atoms with Crippen LogP contribution >= 0.6 is 15.9 Å². The number of carbonyl (C=O) groups excluding carboxylic acids is 1. The summed E-state index contributed by atoms with van der Waals surface area (Å²) in [5.74, 6) is 0.933. The molecule has 0 saturated heterocycles. The second-order valence-corrected chi connectivity index (χ2v) is 5.86. The van der Waals surface area contributed by atoms with Crippen molar-refractivity contribution in [2.75, 3.05) is 6.61 Å². The summed E-state index contributed by atoms with van der Waals surface area (Å²) in [7, 11) is 0. The van der Waals surface area contributed by atoms with Gasteiger partial charge in [-0.3, -0.25) is 0 Å². The molecule has 2 rings (SSSR count). The van der Waals surface area contributed by atoms with E-state index in [1.54, 1.807) is 24.3 Å². The molecule has 0 aliphatic carbocycles. The lowest BCUT2D eigenvalue weighted by atomic mass is 10.2. The maximum atomic E-state index is 12.2. The number of rotatable bonds is 6. The summed E-state index contributed by atoms with van der Waals surface area (Å²) in [5.41, 5.74) is 1.41. The molecule has 0 saturated carbocycles. The molecule has 0 aromatic heterocycles. The van der Waals surface area contributed by atoms with Gasteiger partial charge in [-0.2, -0.15) is 0 Å². The Kier molecular flexibility index (Phi) is 6.01. The molecule has 0 bridgehead atoms. The van der Waals surface area contributed by atoms with Crippen molar-refractivity contribution in [2.45, 2.75) is 26.7 Å². The Bertz CT molecular complexity index is 653. The number of hydrogen-bond donors (Lipinski definition) is 0. The first kappa shape index (κ1) is 16.6. The molecule has 0 fully saturated rings. The molecule has 0 heterocycles. The Balaban J connectivity index is 2.07. The van der Waals surface area contributed by atoms with E-state index in [1.165, 1.54) is 0 Å². The second-order valence-electron chi connectivity index (χ2n) is 5.00. The van der Waals surface area contributed by atoms with E-state index in [9.17, 15) is 4.79 Å².